The monoisotopic (exact) mass is 304 g/mol. The molecule has 0 unspecified atom stereocenters. The third-order valence-corrected chi connectivity index (χ3v) is 2.12. The highest BCUT2D eigenvalue weighted by molar-refractivity contribution is 7.80. The predicted octanol–water partition coefficient (Wildman–Crippen LogP) is -0.0574. The first-order valence-electron chi connectivity index (χ1n) is 5.80. The molecule has 9 heteroatoms. The number of methoxy groups -OCH3 is 1. The van der Waals surface area contributed by atoms with Gasteiger partial charge in [0.15, 0.2) is 10.2 Å². The second-order valence-electron chi connectivity index (χ2n) is 3.24. The van der Waals surface area contributed by atoms with Gasteiger partial charge in [0.25, 0.3) is 0 Å². The summed E-state index contributed by atoms with van der Waals surface area (Å²) in [5.41, 5.74) is 5.93. The van der Waals surface area contributed by atoms with Gasteiger partial charge in [-0.15, -0.1) is 0 Å². The van der Waals surface area contributed by atoms with E-state index in [0.717, 1.165) is 13.1 Å². The van der Waals surface area contributed by atoms with Crippen molar-refractivity contribution in [1.82, 2.24) is 21.5 Å². The summed E-state index contributed by atoms with van der Waals surface area (Å²) in [6.45, 7) is 5.66. The Morgan fingerprint density at radius 1 is 1.11 bits per heavy atom. The Balaban J connectivity index is 4.30. The van der Waals surface area contributed by atoms with Crippen LogP contribution >= 0.6 is 24.4 Å². The van der Waals surface area contributed by atoms with Crippen LogP contribution in [0.2, 0.25) is 0 Å². The minimum atomic E-state index is 0.306. The molecule has 4 N–H and O–H groups in total. The van der Waals surface area contributed by atoms with Crippen LogP contribution in [-0.4, -0.2) is 49.0 Å². The first-order chi connectivity index (χ1) is 9.13. The van der Waals surface area contributed by atoms with Crippen molar-refractivity contribution in [1.29, 1.82) is 0 Å². The summed E-state index contributed by atoms with van der Waals surface area (Å²) in [4.78, 5) is 0. The SMILES string of the molecule is CCNC(=S)N/N=C\C(COC)=N\NC(=S)NCC. The van der Waals surface area contributed by atoms with E-state index in [1.54, 1.807) is 7.11 Å². The molecule has 0 amide bonds. The van der Waals surface area contributed by atoms with Gasteiger partial charge >= 0.3 is 0 Å². The second-order valence-corrected chi connectivity index (χ2v) is 4.05. The highest BCUT2D eigenvalue weighted by Crippen LogP contribution is 1.78. The molecule has 0 radical (unpaired) electrons. The van der Waals surface area contributed by atoms with Gasteiger partial charge in [-0.2, -0.15) is 10.2 Å². The van der Waals surface area contributed by atoms with Crippen molar-refractivity contribution in [2.45, 2.75) is 13.8 Å². The molecule has 0 saturated heterocycles. The van der Waals surface area contributed by atoms with Crippen LogP contribution in [0, 0.1) is 0 Å². The largest absolute Gasteiger partial charge is 0.378 e. The van der Waals surface area contributed by atoms with Crippen molar-refractivity contribution < 1.29 is 4.74 Å². The van der Waals surface area contributed by atoms with Gasteiger partial charge in [0.2, 0.25) is 0 Å². The van der Waals surface area contributed by atoms with Crippen LogP contribution < -0.4 is 21.5 Å². The van der Waals surface area contributed by atoms with Crippen LogP contribution in [0.4, 0.5) is 0 Å². The van der Waals surface area contributed by atoms with Crippen molar-refractivity contribution in [3.8, 4) is 0 Å². The molecule has 108 valence electrons. The van der Waals surface area contributed by atoms with Gasteiger partial charge < -0.3 is 15.4 Å². The molecule has 0 bridgehead atoms. The van der Waals surface area contributed by atoms with E-state index in [9.17, 15) is 0 Å². The first-order valence-corrected chi connectivity index (χ1v) is 6.61. The fourth-order valence-electron chi connectivity index (χ4n) is 0.934. The zero-order valence-corrected chi connectivity index (χ0v) is 13.0. The van der Waals surface area contributed by atoms with Gasteiger partial charge in [0.05, 0.1) is 12.8 Å². The summed E-state index contributed by atoms with van der Waals surface area (Å²) in [6.07, 6.45) is 1.51. The van der Waals surface area contributed by atoms with Gasteiger partial charge in [0.1, 0.15) is 5.71 Å². The van der Waals surface area contributed by atoms with E-state index in [2.05, 4.69) is 31.7 Å². The fraction of sp³-hybridized carbons (Fsp3) is 0.600. The molecule has 0 heterocycles. The lowest BCUT2D eigenvalue weighted by Gasteiger charge is -2.06. The molecule has 0 aliphatic carbocycles. The Labute approximate surface area is 124 Å². The predicted molar refractivity (Wildman–Crippen MR) is 86.6 cm³/mol. The molecule has 0 aromatic heterocycles. The maximum atomic E-state index is 5.00. The van der Waals surface area contributed by atoms with Crippen LogP contribution in [0.3, 0.4) is 0 Å². The Morgan fingerprint density at radius 3 is 2.21 bits per heavy atom. The van der Waals surface area contributed by atoms with E-state index < -0.39 is 0 Å². The van der Waals surface area contributed by atoms with Crippen molar-refractivity contribution in [2.75, 3.05) is 26.8 Å². The van der Waals surface area contributed by atoms with Gasteiger partial charge in [-0.1, -0.05) is 0 Å². The van der Waals surface area contributed by atoms with Crippen LogP contribution in [0.15, 0.2) is 10.2 Å². The van der Waals surface area contributed by atoms with Crippen LogP contribution in [0.5, 0.6) is 0 Å². The molecule has 0 aliphatic rings. The van der Waals surface area contributed by atoms with Crippen molar-refractivity contribution in [2.24, 2.45) is 10.2 Å². The average molecular weight is 304 g/mol. The second kappa shape index (κ2) is 11.8. The molecular formula is C10H20N6OS2. The Bertz CT molecular complexity index is 345. The molecule has 19 heavy (non-hydrogen) atoms. The van der Waals surface area contributed by atoms with Gasteiger partial charge in [-0.05, 0) is 38.3 Å². The number of nitrogens with zero attached hydrogens (tertiary/aromatic N) is 2. The molecule has 0 rings (SSSR count). The summed E-state index contributed by atoms with van der Waals surface area (Å²) in [7, 11) is 1.57. The lowest BCUT2D eigenvalue weighted by Crippen LogP contribution is -2.33. The standard InChI is InChI=1S/C10H20N6OS2/c1-4-11-9(18)15-13-6-8(7-17-3)14-16-10(19)12-5-2/h6H,4-5,7H2,1-3H3,(H2,11,15,18)(H2,12,16,19)/b13-6-,14-8-. The molecule has 0 atom stereocenters. The number of hydrazone groups is 2. The highest BCUT2D eigenvalue weighted by Gasteiger charge is 1.97. The third-order valence-electron chi connectivity index (χ3n) is 1.65. The number of thiocarbonyl (C=S) groups is 2. The molecule has 0 spiro atoms. The lowest BCUT2D eigenvalue weighted by molar-refractivity contribution is 0.246. The maximum absolute atomic E-state index is 5.00. The van der Waals surface area contributed by atoms with E-state index >= 15 is 0 Å². The summed E-state index contributed by atoms with van der Waals surface area (Å²) in [5, 5.41) is 14.7. The number of hydrogen-bond acceptors (Lipinski definition) is 5. The quantitative estimate of drug-likeness (QED) is 0.298. The van der Waals surface area contributed by atoms with Crippen LogP contribution in [0.1, 0.15) is 13.8 Å². The van der Waals surface area contributed by atoms with Crippen molar-refractivity contribution >= 4 is 46.6 Å². The summed E-state index contributed by atoms with van der Waals surface area (Å²) < 4.78 is 5.00. The normalized spacial score (nSPS) is 11.2. The lowest BCUT2D eigenvalue weighted by atomic mass is 10.4. The minimum Gasteiger partial charge on any atom is -0.378 e. The molecule has 0 aromatic carbocycles. The smallest absolute Gasteiger partial charge is 0.186 e. The number of ether oxygens (including phenoxy) is 1. The zero-order valence-electron chi connectivity index (χ0n) is 11.3. The molecule has 0 aliphatic heterocycles. The van der Waals surface area contributed by atoms with Gasteiger partial charge in [-0.3, -0.25) is 10.9 Å². The number of hydrogen-bond donors (Lipinski definition) is 4. The number of nitrogens with one attached hydrogen (secondary N) is 4. The Kier molecular flexibility index (Phi) is 10.9. The summed E-state index contributed by atoms with van der Waals surface area (Å²) in [6, 6.07) is 0. The van der Waals surface area contributed by atoms with Gasteiger partial charge in [0, 0.05) is 20.2 Å². The van der Waals surface area contributed by atoms with Crippen molar-refractivity contribution in [3.63, 3.8) is 0 Å². The highest BCUT2D eigenvalue weighted by atomic mass is 32.1. The Hall–Kier alpha value is -1.32. The van der Waals surface area contributed by atoms with E-state index in [1.807, 2.05) is 13.8 Å². The van der Waals surface area contributed by atoms with Crippen LogP contribution in [-0.2, 0) is 4.74 Å². The zero-order chi connectivity index (χ0) is 14.5. The van der Waals surface area contributed by atoms with E-state index in [4.69, 9.17) is 29.2 Å². The van der Waals surface area contributed by atoms with E-state index in [1.165, 1.54) is 6.21 Å². The minimum absolute atomic E-state index is 0.306. The van der Waals surface area contributed by atoms with Gasteiger partial charge in [-0.25, -0.2) is 0 Å². The Morgan fingerprint density at radius 2 is 1.68 bits per heavy atom. The summed E-state index contributed by atoms with van der Waals surface area (Å²) in [5.74, 6) is 0. The van der Waals surface area contributed by atoms with E-state index in [-0.39, 0.29) is 0 Å². The molecule has 7 nitrogen and oxygen atoms in total. The average Bonchev–Trinajstić information content (AvgIpc) is 2.36. The number of rotatable bonds is 7. The first kappa shape index (κ1) is 17.7. The summed E-state index contributed by atoms with van der Waals surface area (Å²) >= 11 is 9.94. The fourth-order valence-corrected chi connectivity index (χ4v) is 1.32. The van der Waals surface area contributed by atoms with Crippen molar-refractivity contribution in [3.05, 3.63) is 0 Å². The topological polar surface area (TPSA) is 82.1 Å². The molecular weight excluding hydrogens is 284 g/mol. The van der Waals surface area contributed by atoms with Crippen LogP contribution in [0.25, 0.3) is 0 Å². The molecule has 0 fully saturated rings. The van der Waals surface area contributed by atoms with E-state index in [0.29, 0.717) is 22.5 Å². The molecule has 0 aromatic rings. The molecule has 0 saturated carbocycles. The third kappa shape index (κ3) is 10.3. The maximum Gasteiger partial charge on any atom is 0.186 e.